The van der Waals surface area contributed by atoms with Crippen molar-refractivity contribution in [1.82, 2.24) is 25.1 Å². The van der Waals surface area contributed by atoms with Crippen LogP contribution in [0.1, 0.15) is 37.1 Å². The SMILES string of the molecule is Cc1cc2[nH]c(-c3n[nH]c4c3C[C@@H]3C[C@]3(C)C4)nc2cc1NC(=O)[C@H](C)N1CCOCC1. The molecule has 1 aromatic carbocycles. The number of carbonyl (C=O) groups excluding carboxylic acids is 1. The number of morpholine rings is 1. The van der Waals surface area contributed by atoms with E-state index in [0.717, 1.165) is 65.7 Å². The molecular formula is C24H30N6O2. The summed E-state index contributed by atoms with van der Waals surface area (Å²) in [5.74, 6) is 1.57. The molecule has 1 saturated heterocycles. The lowest BCUT2D eigenvalue weighted by molar-refractivity contribution is -0.122. The topological polar surface area (TPSA) is 98.9 Å². The monoisotopic (exact) mass is 434 g/mol. The standard InChI is InChI=1S/C24H30N6O2/c1-13-8-18-19(10-17(13)27-23(31)14(2)30-4-6-32-7-5-30)26-22(25-18)21-16-9-15-11-24(15,3)12-20(16)28-29-21/h8,10,14-15H,4-7,9,11-12H2,1-3H3,(H,25,26)(H,27,31)(H,28,29)/t14-,15+,24+/m0/s1. The third-order valence-electron chi connectivity index (χ3n) is 7.81. The fourth-order valence-corrected chi connectivity index (χ4v) is 5.43. The minimum atomic E-state index is -0.201. The van der Waals surface area contributed by atoms with E-state index in [2.05, 4.69) is 38.4 Å². The summed E-state index contributed by atoms with van der Waals surface area (Å²) in [6.07, 6.45) is 3.46. The van der Waals surface area contributed by atoms with Crippen LogP contribution in [0.2, 0.25) is 0 Å². The predicted octanol–water partition coefficient (Wildman–Crippen LogP) is 3.05. The van der Waals surface area contributed by atoms with Gasteiger partial charge in [0.05, 0.1) is 30.3 Å². The van der Waals surface area contributed by atoms with E-state index >= 15 is 0 Å². The number of anilines is 1. The van der Waals surface area contributed by atoms with Gasteiger partial charge in [-0.2, -0.15) is 5.10 Å². The zero-order chi connectivity index (χ0) is 22.0. The van der Waals surface area contributed by atoms with Crippen molar-refractivity contribution in [2.75, 3.05) is 31.6 Å². The van der Waals surface area contributed by atoms with Crippen molar-refractivity contribution in [2.24, 2.45) is 11.3 Å². The average molecular weight is 435 g/mol. The zero-order valence-corrected chi connectivity index (χ0v) is 18.9. The zero-order valence-electron chi connectivity index (χ0n) is 18.9. The molecule has 1 aliphatic heterocycles. The summed E-state index contributed by atoms with van der Waals surface area (Å²) in [5.41, 5.74) is 7.59. The van der Waals surface area contributed by atoms with Gasteiger partial charge in [0, 0.05) is 30.0 Å². The Balaban J connectivity index is 1.26. The number of imidazole rings is 1. The minimum Gasteiger partial charge on any atom is -0.379 e. The van der Waals surface area contributed by atoms with Gasteiger partial charge in [0.2, 0.25) is 5.91 Å². The number of rotatable bonds is 4. The van der Waals surface area contributed by atoms with Gasteiger partial charge in [-0.1, -0.05) is 6.92 Å². The lowest BCUT2D eigenvalue weighted by Gasteiger charge is -2.31. The summed E-state index contributed by atoms with van der Waals surface area (Å²) in [7, 11) is 0. The second kappa shape index (κ2) is 7.15. The minimum absolute atomic E-state index is 0.000961. The number of hydrogen-bond acceptors (Lipinski definition) is 5. The van der Waals surface area contributed by atoms with E-state index in [-0.39, 0.29) is 11.9 Å². The van der Waals surface area contributed by atoms with Crippen molar-refractivity contribution >= 4 is 22.6 Å². The quantitative estimate of drug-likeness (QED) is 0.586. The molecule has 0 bridgehead atoms. The number of hydrogen-bond donors (Lipinski definition) is 3. The molecule has 3 N–H and O–H groups in total. The number of nitrogens with zero attached hydrogens (tertiary/aromatic N) is 3. The first-order valence-corrected chi connectivity index (χ1v) is 11.6. The molecule has 2 fully saturated rings. The maximum Gasteiger partial charge on any atom is 0.241 e. The van der Waals surface area contributed by atoms with E-state index in [0.29, 0.717) is 18.6 Å². The lowest BCUT2D eigenvalue weighted by atomic mass is 9.88. The molecule has 1 amide bonds. The number of aromatic nitrogens is 4. The molecule has 3 aromatic rings. The molecule has 2 aliphatic carbocycles. The highest BCUT2D eigenvalue weighted by Crippen LogP contribution is 2.59. The highest BCUT2D eigenvalue weighted by atomic mass is 16.5. The van der Waals surface area contributed by atoms with Crippen molar-refractivity contribution < 1.29 is 9.53 Å². The maximum absolute atomic E-state index is 12.9. The Morgan fingerprint density at radius 2 is 2.16 bits per heavy atom. The first kappa shape index (κ1) is 19.9. The Morgan fingerprint density at radius 1 is 1.34 bits per heavy atom. The van der Waals surface area contributed by atoms with Crippen LogP contribution in [0.5, 0.6) is 0 Å². The van der Waals surface area contributed by atoms with Crippen LogP contribution in [0, 0.1) is 18.3 Å². The summed E-state index contributed by atoms with van der Waals surface area (Å²) in [4.78, 5) is 23.3. The average Bonchev–Trinajstić information content (AvgIpc) is 3.06. The molecule has 8 heteroatoms. The number of benzene rings is 1. The van der Waals surface area contributed by atoms with Crippen LogP contribution < -0.4 is 5.32 Å². The first-order chi connectivity index (χ1) is 15.4. The summed E-state index contributed by atoms with van der Waals surface area (Å²) < 4.78 is 5.40. The van der Waals surface area contributed by atoms with Gasteiger partial charge in [-0.3, -0.25) is 14.8 Å². The number of aromatic amines is 2. The molecule has 6 rings (SSSR count). The van der Waals surface area contributed by atoms with Gasteiger partial charge in [-0.05, 0) is 62.1 Å². The van der Waals surface area contributed by atoms with Crippen molar-refractivity contribution in [3.05, 3.63) is 29.0 Å². The molecule has 8 nitrogen and oxygen atoms in total. The van der Waals surface area contributed by atoms with Gasteiger partial charge in [0.15, 0.2) is 5.82 Å². The number of nitrogens with one attached hydrogen (secondary N) is 3. The summed E-state index contributed by atoms with van der Waals surface area (Å²) in [6.45, 7) is 9.25. The normalized spacial score (nSPS) is 25.9. The van der Waals surface area contributed by atoms with Crippen molar-refractivity contribution in [3.8, 4) is 11.5 Å². The van der Waals surface area contributed by atoms with E-state index in [1.807, 2.05) is 19.9 Å². The van der Waals surface area contributed by atoms with Gasteiger partial charge < -0.3 is 15.0 Å². The van der Waals surface area contributed by atoms with Gasteiger partial charge >= 0.3 is 0 Å². The number of fused-ring (bicyclic) bond motifs is 3. The van der Waals surface area contributed by atoms with E-state index in [9.17, 15) is 4.79 Å². The van der Waals surface area contributed by atoms with Crippen LogP contribution in [0.3, 0.4) is 0 Å². The van der Waals surface area contributed by atoms with Crippen LogP contribution in [0.25, 0.3) is 22.6 Å². The van der Waals surface area contributed by atoms with E-state index in [4.69, 9.17) is 9.72 Å². The van der Waals surface area contributed by atoms with Crippen LogP contribution in [0.4, 0.5) is 5.69 Å². The molecule has 3 atom stereocenters. The molecule has 3 heterocycles. The summed E-state index contributed by atoms with van der Waals surface area (Å²) in [6, 6.07) is 3.82. The molecular weight excluding hydrogens is 404 g/mol. The largest absolute Gasteiger partial charge is 0.379 e. The molecule has 0 spiro atoms. The fraction of sp³-hybridized carbons (Fsp3) is 0.542. The summed E-state index contributed by atoms with van der Waals surface area (Å²) in [5, 5.41) is 11.0. The molecule has 168 valence electrons. The van der Waals surface area contributed by atoms with Crippen molar-refractivity contribution in [3.63, 3.8) is 0 Å². The second-order valence-corrected chi connectivity index (χ2v) is 10.0. The van der Waals surface area contributed by atoms with Crippen LogP contribution >= 0.6 is 0 Å². The summed E-state index contributed by atoms with van der Waals surface area (Å²) >= 11 is 0. The second-order valence-electron chi connectivity index (χ2n) is 10.0. The van der Waals surface area contributed by atoms with Gasteiger partial charge in [-0.25, -0.2) is 4.98 Å². The first-order valence-electron chi connectivity index (χ1n) is 11.6. The lowest BCUT2D eigenvalue weighted by Crippen LogP contribution is -2.47. The fourth-order valence-electron chi connectivity index (χ4n) is 5.43. The molecule has 32 heavy (non-hydrogen) atoms. The smallest absolute Gasteiger partial charge is 0.241 e. The van der Waals surface area contributed by atoms with Crippen LogP contribution in [-0.2, 0) is 22.4 Å². The highest BCUT2D eigenvalue weighted by molar-refractivity contribution is 5.97. The Bertz CT molecular complexity index is 1210. The van der Waals surface area contributed by atoms with E-state index in [1.165, 1.54) is 17.7 Å². The Kier molecular flexibility index (Phi) is 4.45. The molecule has 0 unspecified atom stereocenters. The van der Waals surface area contributed by atoms with E-state index in [1.54, 1.807) is 0 Å². The number of carbonyl (C=O) groups is 1. The third kappa shape index (κ3) is 3.24. The van der Waals surface area contributed by atoms with Crippen molar-refractivity contribution in [1.29, 1.82) is 0 Å². The highest BCUT2D eigenvalue weighted by Gasteiger charge is 2.53. The maximum atomic E-state index is 12.9. The predicted molar refractivity (Wildman–Crippen MR) is 123 cm³/mol. The number of H-pyrrole nitrogens is 2. The molecule has 3 aliphatic rings. The van der Waals surface area contributed by atoms with Gasteiger partial charge in [-0.15, -0.1) is 0 Å². The molecule has 2 aromatic heterocycles. The number of ether oxygens (including phenoxy) is 1. The molecule has 0 radical (unpaired) electrons. The number of aryl methyl sites for hydroxylation is 1. The Morgan fingerprint density at radius 3 is 2.97 bits per heavy atom. The number of amides is 1. The Labute approximate surface area is 187 Å². The van der Waals surface area contributed by atoms with Crippen molar-refractivity contribution in [2.45, 2.75) is 46.1 Å². The van der Waals surface area contributed by atoms with Crippen LogP contribution in [-0.4, -0.2) is 63.3 Å². The van der Waals surface area contributed by atoms with Gasteiger partial charge in [0.1, 0.15) is 5.69 Å². The third-order valence-corrected chi connectivity index (χ3v) is 7.81. The van der Waals surface area contributed by atoms with Gasteiger partial charge in [0.25, 0.3) is 0 Å². The van der Waals surface area contributed by atoms with Crippen LogP contribution in [0.15, 0.2) is 12.1 Å². The Hall–Kier alpha value is -2.71. The molecule has 1 saturated carbocycles. The van der Waals surface area contributed by atoms with E-state index < -0.39 is 0 Å².